The Morgan fingerprint density at radius 1 is 1.19 bits per heavy atom. The van der Waals surface area contributed by atoms with Crippen molar-refractivity contribution in [1.82, 2.24) is 19.2 Å². The summed E-state index contributed by atoms with van der Waals surface area (Å²) in [4.78, 5) is 12.9. The van der Waals surface area contributed by atoms with Crippen LogP contribution < -0.4 is 5.56 Å². The van der Waals surface area contributed by atoms with Crippen molar-refractivity contribution < 1.29 is 4.74 Å². The summed E-state index contributed by atoms with van der Waals surface area (Å²) in [6.07, 6.45) is 3.38. The minimum absolute atomic E-state index is 0.0105. The van der Waals surface area contributed by atoms with Crippen LogP contribution in [0.1, 0.15) is 40.0 Å². The lowest BCUT2D eigenvalue weighted by molar-refractivity contribution is 0.0920. The molecule has 0 atom stereocenters. The fraction of sp³-hybridized carbons (Fsp3) is 0.526. The Hall–Kier alpha value is -1.86. The average molecular weight is 375 g/mol. The van der Waals surface area contributed by atoms with Gasteiger partial charge in [0.2, 0.25) is 5.78 Å². The van der Waals surface area contributed by atoms with E-state index in [2.05, 4.69) is 17.1 Å². The zero-order chi connectivity index (χ0) is 18.5. The smallest absolute Gasteiger partial charge is 0.262 e. The van der Waals surface area contributed by atoms with Gasteiger partial charge in [-0.25, -0.2) is 0 Å². The third kappa shape index (κ3) is 3.94. The van der Waals surface area contributed by atoms with Gasteiger partial charge >= 0.3 is 0 Å². The minimum Gasteiger partial charge on any atom is -0.378 e. The molecule has 3 aromatic rings. The minimum atomic E-state index is 0.0105. The van der Waals surface area contributed by atoms with E-state index in [1.54, 1.807) is 16.3 Å². The number of hydrogen-bond acceptors (Lipinski definition) is 5. The first-order chi connectivity index (χ1) is 12.6. The standard InChI is InChI=1S/C19H26N4O2S/c1-4-5-8-11-22-17(24)15-9-6-7-10-16(15)23-18(22)20-21-19(23)26-13-12-25-14(2)3/h6-7,9-10,14H,4-5,8,11-13H2,1-3H3. The average Bonchev–Trinajstić information content (AvgIpc) is 3.05. The summed E-state index contributed by atoms with van der Waals surface area (Å²) in [6.45, 7) is 7.54. The van der Waals surface area contributed by atoms with Gasteiger partial charge in [0, 0.05) is 12.3 Å². The molecule has 0 unspecified atom stereocenters. The second-order valence-electron chi connectivity index (χ2n) is 6.57. The lowest BCUT2D eigenvalue weighted by atomic mass is 10.2. The van der Waals surface area contributed by atoms with Crippen molar-refractivity contribution in [2.75, 3.05) is 12.4 Å². The van der Waals surface area contributed by atoms with Crippen LogP contribution in [0.4, 0.5) is 0 Å². The molecule has 0 saturated carbocycles. The van der Waals surface area contributed by atoms with Crippen LogP contribution in [0.15, 0.2) is 34.2 Å². The van der Waals surface area contributed by atoms with Gasteiger partial charge in [-0.1, -0.05) is 43.7 Å². The maximum atomic E-state index is 12.9. The van der Waals surface area contributed by atoms with Gasteiger partial charge in [-0.15, -0.1) is 10.2 Å². The molecule has 0 spiro atoms. The predicted octanol–water partition coefficient (Wildman–Crippen LogP) is 3.75. The largest absolute Gasteiger partial charge is 0.378 e. The van der Waals surface area contributed by atoms with Gasteiger partial charge in [0.05, 0.1) is 23.6 Å². The number of hydrogen-bond donors (Lipinski definition) is 0. The maximum Gasteiger partial charge on any atom is 0.262 e. The van der Waals surface area contributed by atoms with Gasteiger partial charge in [-0.3, -0.25) is 13.8 Å². The van der Waals surface area contributed by atoms with E-state index in [9.17, 15) is 4.79 Å². The first-order valence-electron chi connectivity index (χ1n) is 9.24. The second kappa shape index (κ2) is 8.68. The van der Waals surface area contributed by atoms with E-state index in [-0.39, 0.29) is 11.7 Å². The molecule has 0 radical (unpaired) electrons. The van der Waals surface area contributed by atoms with Crippen molar-refractivity contribution in [3.63, 3.8) is 0 Å². The Balaban J connectivity index is 2.01. The fourth-order valence-corrected chi connectivity index (χ4v) is 3.74. The van der Waals surface area contributed by atoms with Crippen LogP contribution in [0.3, 0.4) is 0 Å². The highest BCUT2D eigenvalue weighted by atomic mass is 32.2. The van der Waals surface area contributed by atoms with Crippen molar-refractivity contribution in [3.05, 3.63) is 34.6 Å². The number of thioether (sulfide) groups is 1. The van der Waals surface area contributed by atoms with Crippen LogP contribution in [-0.4, -0.2) is 37.6 Å². The highest BCUT2D eigenvalue weighted by Crippen LogP contribution is 2.21. The lowest BCUT2D eigenvalue weighted by Gasteiger charge is -2.11. The number of unbranched alkanes of at least 4 members (excludes halogenated alkanes) is 2. The first-order valence-corrected chi connectivity index (χ1v) is 10.2. The van der Waals surface area contributed by atoms with Gasteiger partial charge in [0.1, 0.15) is 0 Å². The van der Waals surface area contributed by atoms with E-state index in [1.807, 2.05) is 42.5 Å². The highest BCUT2D eigenvalue weighted by Gasteiger charge is 2.16. The summed E-state index contributed by atoms with van der Waals surface area (Å²) < 4.78 is 9.38. The maximum absolute atomic E-state index is 12.9. The molecule has 6 nitrogen and oxygen atoms in total. The van der Waals surface area contributed by atoms with Crippen LogP contribution in [-0.2, 0) is 11.3 Å². The Labute approximate surface area is 157 Å². The number of rotatable bonds is 9. The molecular formula is C19H26N4O2S. The highest BCUT2D eigenvalue weighted by molar-refractivity contribution is 7.99. The van der Waals surface area contributed by atoms with Gasteiger partial charge in [0.15, 0.2) is 5.16 Å². The van der Waals surface area contributed by atoms with Gasteiger partial charge < -0.3 is 4.74 Å². The summed E-state index contributed by atoms with van der Waals surface area (Å²) >= 11 is 1.61. The SMILES string of the molecule is CCCCCn1c(=O)c2ccccc2n2c(SCCOC(C)C)nnc12. The quantitative estimate of drug-likeness (QED) is 0.422. The summed E-state index contributed by atoms with van der Waals surface area (Å²) in [6, 6.07) is 7.68. The predicted molar refractivity (Wildman–Crippen MR) is 106 cm³/mol. The van der Waals surface area contributed by atoms with Gasteiger partial charge in [-0.2, -0.15) is 0 Å². The van der Waals surface area contributed by atoms with E-state index >= 15 is 0 Å². The number of aryl methyl sites for hydroxylation is 1. The van der Waals surface area contributed by atoms with Crippen LogP contribution in [0.25, 0.3) is 16.7 Å². The normalized spacial score (nSPS) is 11.8. The molecule has 140 valence electrons. The molecule has 0 aliphatic rings. The van der Waals surface area contributed by atoms with E-state index < -0.39 is 0 Å². The molecule has 2 aromatic heterocycles. The van der Waals surface area contributed by atoms with Crippen LogP contribution in [0.2, 0.25) is 0 Å². The summed E-state index contributed by atoms with van der Waals surface area (Å²) in [5.74, 6) is 1.42. The monoisotopic (exact) mass is 374 g/mol. The number of para-hydroxylation sites is 1. The van der Waals surface area contributed by atoms with Crippen molar-refractivity contribution in [3.8, 4) is 0 Å². The fourth-order valence-electron chi connectivity index (χ4n) is 2.97. The van der Waals surface area contributed by atoms with Gasteiger partial charge in [0.25, 0.3) is 5.56 Å². The van der Waals surface area contributed by atoms with E-state index in [0.29, 0.717) is 24.3 Å². The number of ether oxygens (including phenoxy) is 1. The van der Waals surface area contributed by atoms with Crippen LogP contribution >= 0.6 is 11.8 Å². The van der Waals surface area contributed by atoms with Crippen molar-refractivity contribution in [2.24, 2.45) is 0 Å². The molecule has 7 heteroatoms. The number of benzene rings is 1. The topological polar surface area (TPSA) is 61.4 Å². The molecule has 2 heterocycles. The second-order valence-corrected chi connectivity index (χ2v) is 7.63. The van der Waals surface area contributed by atoms with Crippen molar-refractivity contribution in [2.45, 2.75) is 57.8 Å². The molecule has 0 saturated heterocycles. The molecule has 0 bridgehead atoms. The zero-order valence-electron chi connectivity index (χ0n) is 15.6. The van der Waals surface area contributed by atoms with Crippen molar-refractivity contribution >= 4 is 28.4 Å². The molecule has 0 aliphatic carbocycles. The van der Waals surface area contributed by atoms with Crippen LogP contribution in [0.5, 0.6) is 0 Å². The third-order valence-electron chi connectivity index (χ3n) is 4.23. The van der Waals surface area contributed by atoms with Crippen molar-refractivity contribution in [1.29, 1.82) is 0 Å². The zero-order valence-corrected chi connectivity index (χ0v) is 16.5. The Morgan fingerprint density at radius 3 is 2.77 bits per heavy atom. The Morgan fingerprint density at radius 2 is 2.00 bits per heavy atom. The molecule has 0 aliphatic heterocycles. The molecule has 0 N–H and O–H groups in total. The molecule has 26 heavy (non-hydrogen) atoms. The van der Waals surface area contributed by atoms with Crippen LogP contribution in [0, 0.1) is 0 Å². The third-order valence-corrected chi connectivity index (χ3v) is 5.12. The van der Waals surface area contributed by atoms with E-state index in [1.165, 1.54) is 0 Å². The molecule has 1 aromatic carbocycles. The number of nitrogens with zero attached hydrogens (tertiary/aromatic N) is 4. The summed E-state index contributed by atoms with van der Waals surface area (Å²) in [5, 5.41) is 10.2. The number of fused-ring (bicyclic) bond motifs is 3. The molecular weight excluding hydrogens is 348 g/mol. The lowest BCUT2D eigenvalue weighted by Crippen LogP contribution is -2.23. The number of aromatic nitrogens is 4. The Kier molecular flexibility index (Phi) is 6.32. The Bertz CT molecular complexity index is 932. The first kappa shape index (κ1) is 18.9. The van der Waals surface area contributed by atoms with E-state index in [0.717, 1.165) is 35.7 Å². The van der Waals surface area contributed by atoms with E-state index in [4.69, 9.17) is 4.74 Å². The summed E-state index contributed by atoms with van der Waals surface area (Å²) in [5.41, 5.74) is 0.868. The summed E-state index contributed by atoms with van der Waals surface area (Å²) in [7, 11) is 0. The molecule has 0 amide bonds. The molecule has 3 rings (SSSR count). The van der Waals surface area contributed by atoms with Gasteiger partial charge in [-0.05, 0) is 32.4 Å². The molecule has 0 fully saturated rings.